The van der Waals surface area contributed by atoms with Crippen molar-refractivity contribution in [1.82, 2.24) is 15.1 Å². The van der Waals surface area contributed by atoms with E-state index in [1.165, 1.54) is 4.90 Å². The molecule has 1 aliphatic carbocycles. The van der Waals surface area contributed by atoms with Crippen molar-refractivity contribution >= 4 is 12.0 Å². The standard InChI is InChI=1S/C12H18F3N3O3/c1-8(9(19)20)17-4-6-18(7-5-17)10(21)16-11(2-3-11)12(13,14)15/h8H,2-7H2,1H3,(H,16,21)(H,19,20). The fourth-order valence-corrected chi connectivity index (χ4v) is 2.36. The SMILES string of the molecule is CC(C(=O)O)N1CCN(C(=O)NC2(C(F)(F)F)CC2)CC1. The van der Waals surface area contributed by atoms with Crippen molar-refractivity contribution in [2.75, 3.05) is 26.2 Å². The van der Waals surface area contributed by atoms with Gasteiger partial charge in [0.15, 0.2) is 0 Å². The van der Waals surface area contributed by atoms with E-state index >= 15 is 0 Å². The molecule has 2 amide bonds. The summed E-state index contributed by atoms with van der Waals surface area (Å²) >= 11 is 0. The molecule has 1 saturated carbocycles. The minimum Gasteiger partial charge on any atom is -0.480 e. The van der Waals surface area contributed by atoms with Crippen molar-refractivity contribution in [3.8, 4) is 0 Å². The molecule has 21 heavy (non-hydrogen) atoms. The quantitative estimate of drug-likeness (QED) is 0.812. The van der Waals surface area contributed by atoms with E-state index in [-0.39, 0.29) is 25.9 Å². The van der Waals surface area contributed by atoms with Crippen LogP contribution < -0.4 is 5.32 Å². The molecule has 2 aliphatic rings. The normalized spacial score (nSPS) is 23.5. The lowest BCUT2D eigenvalue weighted by Crippen LogP contribution is -2.58. The molecule has 2 N–H and O–H groups in total. The van der Waals surface area contributed by atoms with Gasteiger partial charge < -0.3 is 15.3 Å². The van der Waals surface area contributed by atoms with Crippen LogP contribution in [0.1, 0.15) is 19.8 Å². The number of nitrogens with zero attached hydrogens (tertiary/aromatic N) is 2. The van der Waals surface area contributed by atoms with Crippen LogP contribution in [-0.4, -0.2) is 70.8 Å². The molecule has 0 bridgehead atoms. The number of amides is 2. The average molecular weight is 309 g/mol. The van der Waals surface area contributed by atoms with Crippen LogP contribution in [0.25, 0.3) is 0 Å². The largest absolute Gasteiger partial charge is 0.480 e. The summed E-state index contributed by atoms with van der Waals surface area (Å²) in [6.07, 6.45) is -4.60. The third kappa shape index (κ3) is 3.22. The number of piperazine rings is 1. The summed E-state index contributed by atoms with van der Waals surface area (Å²) in [5.74, 6) is -0.957. The second kappa shape index (κ2) is 5.36. The topological polar surface area (TPSA) is 72.9 Å². The summed E-state index contributed by atoms with van der Waals surface area (Å²) < 4.78 is 38.3. The van der Waals surface area contributed by atoms with Crippen LogP contribution in [0, 0.1) is 0 Å². The van der Waals surface area contributed by atoms with Crippen molar-refractivity contribution < 1.29 is 27.9 Å². The van der Waals surface area contributed by atoms with Crippen LogP contribution in [0.4, 0.5) is 18.0 Å². The van der Waals surface area contributed by atoms with Crippen LogP contribution in [0.15, 0.2) is 0 Å². The van der Waals surface area contributed by atoms with Gasteiger partial charge in [-0.15, -0.1) is 0 Å². The Morgan fingerprint density at radius 1 is 1.19 bits per heavy atom. The van der Waals surface area contributed by atoms with Crippen LogP contribution in [-0.2, 0) is 4.79 Å². The highest BCUT2D eigenvalue weighted by molar-refractivity contribution is 5.76. The first-order chi connectivity index (χ1) is 9.66. The summed E-state index contributed by atoms with van der Waals surface area (Å²) in [4.78, 5) is 25.7. The third-order valence-corrected chi connectivity index (χ3v) is 4.15. The molecule has 0 aromatic carbocycles. The summed E-state index contributed by atoms with van der Waals surface area (Å²) in [6.45, 7) is 2.65. The molecule has 2 fully saturated rings. The Labute approximate surface area is 119 Å². The molecule has 0 aromatic rings. The van der Waals surface area contributed by atoms with Gasteiger partial charge in [-0.25, -0.2) is 4.79 Å². The number of nitrogens with one attached hydrogen (secondary N) is 1. The van der Waals surface area contributed by atoms with Gasteiger partial charge in [0.2, 0.25) is 0 Å². The van der Waals surface area contributed by atoms with Gasteiger partial charge in [-0.2, -0.15) is 13.2 Å². The van der Waals surface area contributed by atoms with E-state index in [1.54, 1.807) is 11.8 Å². The lowest BCUT2D eigenvalue weighted by Gasteiger charge is -2.37. The van der Waals surface area contributed by atoms with Gasteiger partial charge in [-0.3, -0.25) is 9.69 Å². The first-order valence-electron chi connectivity index (χ1n) is 6.77. The van der Waals surface area contributed by atoms with Crippen molar-refractivity contribution in [3.05, 3.63) is 0 Å². The molecular formula is C12H18F3N3O3. The fraction of sp³-hybridized carbons (Fsp3) is 0.833. The molecule has 0 radical (unpaired) electrons. The molecule has 2 rings (SSSR count). The Balaban J connectivity index is 1.86. The van der Waals surface area contributed by atoms with E-state index in [2.05, 4.69) is 5.32 Å². The number of carbonyl (C=O) groups excluding carboxylic acids is 1. The molecule has 1 heterocycles. The highest BCUT2D eigenvalue weighted by Gasteiger charge is 2.64. The highest BCUT2D eigenvalue weighted by atomic mass is 19.4. The van der Waals surface area contributed by atoms with Crippen LogP contribution >= 0.6 is 0 Å². The molecule has 1 unspecified atom stereocenters. The molecule has 1 saturated heterocycles. The third-order valence-electron chi connectivity index (χ3n) is 4.15. The Hall–Kier alpha value is -1.51. The molecule has 1 atom stereocenters. The first-order valence-corrected chi connectivity index (χ1v) is 6.77. The van der Waals surface area contributed by atoms with Gasteiger partial charge in [-0.1, -0.05) is 0 Å². The smallest absolute Gasteiger partial charge is 0.411 e. The molecule has 0 spiro atoms. The molecule has 9 heteroatoms. The zero-order valence-corrected chi connectivity index (χ0v) is 11.6. The monoisotopic (exact) mass is 309 g/mol. The number of alkyl halides is 3. The maximum absolute atomic E-state index is 12.8. The number of carbonyl (C=O) groups is 2. The Kier molecular flexibility index (Phi) is 4.05. The van der Waals surface area contributed by atoms with Gasteiger partial charge in [0.1, 0.15) is 11.6 Å². The van der Waals surface area contributed by atoms with E-state index in [0.29, 0.717) is 13.1 Å². The van der Waals surface area contributed by atoms with Crippen LogP contribution in [0.2, 0.25) is 0 Å². The Morgan fingerprint density at radius 3 is 2.10 bits per heavy atom. The van der Waals surface area contributed by atoms with Gasteiger partial charge in [0.25, 0.3) is 0 Å². The number of rotatable bonds is 3. The average Bonchev–Trinajstić information content (AvgIpc) is 3.18. The van der Waals surface area contributed by atoms with E-state index in [0.717, 1.165) is 0 Å². The van der Waals surface area contributed by atoms with E-state index in [1.807, 2.05) is 0 Å². The number of halogens is 3. The highest BCUT2D eigenvalue weighted by Crippen LogP contribution is 2.48. The molecule has 0 aromatic heterocycles. The van der Waals surface area contributed by atoms with Gasteiger partial charge in [-0.05, 0) is 19.8 Å². The van der Waals surface area contributed by atoms with Crippen molar-refractivity contribution in [2.45, 2.75) is 37.5 Å². The second-order valence-corrected chi connectivity index (χ2v) is 5.55. The minimum absolute atomic E-state index is 0.0851. The number of hydrogen-bond acceptors (Lipinski definition) is 3. The van der Waals surface area contributed by atoms with Crippen molar-refractivity contribution in [3.63, 3.8) is 0 Å². The first kappa shape index (κ1) is 15.9. The lowest BCUT2D eigenvalue weighted by molar-refractivity contribution is -0.163. The summed E-state index contributed by atoms with van der Waals surface area (Å²) in [5.41, 5.74) is -2.06. The zero-order chi connectivity index (χ0) is 15.8. The van der Waals surface area contributed by atoms with Gasteiger partial charge >= 0.3 is 18.2 Å². The minimum atomic E-state index is -4.43. The molecule has 6 nitrogen and oxygen atoms in total. The second-order valence-electron chi connectivity index (χ2n) is 5.55. The summed E-state index contributed by atoms with van der Waals surface area (Å²) in [5, 5.41) is 11.0. The van der Waals surface area contributed by atoms with Crippen LogP contribution in [0.3, 0.4) is 0 Å². The predicted octanol–water partition coefficient (Wildman–Crippen LogP) is 0.882. The molecule has 120 valence electrons. The zero-order valence-electron chi connectivity index (χ0n) is 11.6. The summed E-state index contributed by atoms with van der Waals surface area (Å²) in [6, 6.07) is -1.40. The van der Waals surface area contributed by atoms with Gasteiger partial charge in [0.05, 0.1) is 0 Å². The van der Waals surface area contributed by atoms with E-state index in [9.17, 15) is 22.8 Å². The van der Waals surface area contributed by atoms with Gasteiger partial charge in [0, 0.05) is 26.2 Å². The number of hydrogen-bond donors (Lipinski definition) is 2. The fourth-order valence-electron chi connectivity index (χ4n) is 2.36. The van der Waals surface area contributed by atoms with Crippen molar-refractivity contribution in [2.24, 2.45) is 0 Å². The summed E-state index contributed by atoms with van der Waals surface area (Å²) in [7, 11) is 0. The predicted molar refractivity (Wildman–Crippen MR) is 66.8 cm³/mol. The van der Waals surface area contributed by atoms with Crippen LogP contribution in [0.5, 0.6) is 0 Å². The van der Waals surface area contributed by atoms with Crippen molar-refractivity contribution in [1.29, 1.82) is 0 Å². The Bertz CT molecular complexity index is 429. The Morgan fingerprint density at radius 2 is 1.71 bits per heavy atom. The number of aliphatic carboxylic acids is 1. The number of urea groups is 1. The number of carboxylic acids is 1. The molecule has 1 aliphatic heterocycles. The lowest BCUT2D eigenvalue weighted by atomic mass is 10.2. The number of carboxylic acid groups (broad SMARTS) is 1. The van der Waals surface area contributed by atoms with E-state index < -0.39 is 29.8 Å². The molecular weight excluding hydrogens is 291 g/mol. The maximum Gasteiger partial charge on any atom is 0.411 e. The van der Waals surface area contributed by atoms with E-state index in [4.69, 9.17) is 5.11 Å². The maximum atomic E-state index is 12.8.